The third-order valence-corrected chi connectivity index (χ3v) is 5.19. The van der Waals surface area contributed by atoms with Crippen LogP contribution in [0.5, 0.6) is 0 Å². The summed E-state index contributed by atoms with van der Waals surface area (Å²) in [6, 6.07) is 7.87. The van der Waals surface area contributed by atoms with E-state index in [2.05, 4.69) is 0 Å². The summed E-state index contributed by atoms with van der Waals surface area (Å²) >= 11 is 0. The molecule has 1 aromatic rings. The van der Waals surface area contributed by atoms with Crippen LogP contribution in [0.1, 0.15) is 38.0 Å². The van der Waals surface area contributed by atoms with E-state index in [0.717, 1.165) is 11.1 Å². The quantitative estimate of drug-likeness (QED) is 0.781. The zero-order valence-corrected chi connectivity index (χ0v) is 12.7. The van der Waals surface area contributed by atoms with Crippen LogP contribution in [0, 0.1) is 0 Å². The number of rotatable bonds is 2. The van der Waals surface area contributed by atoms with Crippen molar-refractivity contribution in [2.24, 2.45) is 0 Å². The highest BCUT2D eigenvalue weighted by Crippen LogP contribution is 2.60. The molecule has 20 heavy (non-hydrogen) atoms. The Morgan fingerprint density at radius 3 is 2.80 bits per heavy atom. The lowest BCUT2D eigenvalue weighted by Crippen LogP contribution is -2.42. The molecule has 3 rings (SSSR count). The number of phosphoric ester groups is 1. The summed E-state index contributed by atoms with van der Waals surface area (Å²) in [6.45, 7) is 5.96. The van der Waals surface area contributed by atoms with E-state index >= 15 is 0 Å². The van der Waals surface area contributed by atoms with Gasteiger partial charge in [-0.15, -0.1) is 0 Å². The van der Waals surface area contributed by atoms with Crippen molar-refractivity contribution < 1.29 is 22.9 Å². The van der Waals surface area contributed by atoms with Crippen molar-refractivity contribution in [1.29, 1.82) is 0 Å². The van der Waals surface area contributed by atoms with E-state index in [1.807, 2.05) is 31.2 Å². The zero-order valence-electron chi connectivity index (χ0n) is 11.8. The first-order chi connectivity index (χ1) is 9.48. The summed E-state index contributed by atoms with van der Waals surface area (Å²) in [5.41, 5.74) is 2.06. The molecule has 110 valence electrons. The first-order valence-corrected chi connectivity index (χ1v) is 8.29. The Kier molecular flexibility index (Phi) is 3.73. The SMILES string of the molecule is CC(C)OP1(=O)OC(C)C2OCc3ccccc3C2O1. The van der Waals surface area contributed by atoms with Gasteiger partial charge >= 0.3 is 7.82 Å². The minimum Gasteiger partial charge on any atom is -0.368 e. The van der Waals surface area contributed by atoms with Crippen molar-refractivity contribution in [3.63, 3.8) is 0 Å². The number of benzene rings is 1. The molecule has 2 heterocycles. The van der Waals surface area contributed by atoms with Crippen molar-refractivity contribution in [3.8, 4) is 0 Å². The molecule has 1 aromatic carbocycles. The van der Waals surface area contributed by atoms with E-state index in [9.17, 15) is 4.57 Å². The van der Waals surface area contributed by atoms with Crippen LogP contribution >= 0.6 is 7.82 Å². The smallest absolute Gasteiger partial charge is 0.368 e. The summed E-state index contributed by atoms with van der Waals surface area (Å²) < 4.78 is 34.9. The maximum atomic E-state index is 12.6. The van der Waals surface area contributed by atoms with Crippen molar-refractivity contribution in [2.75, 3.05) is 0 Å². The van der Waals surface area contributed by atoms with Gasteiger partial charge in [0.15, 0.2) is 0 Å². The van der Waals surface area contributed by atoms with Gasteiger partial charge in [-0.1, -0.05) is 24.3 Å². The largest absolute Gasteiger partial charge is 0.476 e. The molecule has 2 aliphatic rings. The predicted octanol–water partition coefficient (Wildman–Crippen LogP) is 3.59. The maximum Gasteiger partial charge on any atom is 0.476 e. The lowest BCUT2D eigenvalue weighted by molar-refractivity contribution is -0.146. The second kappa shape index (κ2) is 5.24. The molecule has 0 saturated carbocycles. The predicted molar refractivity (Wildman–Crippen MR) is 73.2 cm³/mol. The number of hydrogen-bond acceptors (Lipinski definition) is 5. The van der Waals surface area contributed by atoms with Gasteiger partial charge in [-0.3, -0.25) is 13.6 Å². The van der Waals surface area contributed by atoms with Gasteiger partial charge in [0.2, 0.25) is 0 Å². The third kappa shape index (κ3) is 2.57. The van der Waals surface area contributed by atoms with Crippen LogP contribution < -0.4 is 0 Å². The molecule has 5 nitrogen and oxygen atoms in total. The second-order valence-corrected chi connectivity index (χ2v) is 6.94. The van der Waals surface area contributed by atoms with Crippen molar-refractivity contribution in [2.45, 2.75) is 51.8 Å². The van der Waals surface area contributed by atoms with Gasteiger partial charge in [-0.25, -0.2) is 4.57 Å². The first kappa shape index (κ1) is 14.2. The highest BCUT2D eigenvalue weighted by atomic mass is 31.2. The number of hydrogen-bond donors (Lipinski definition) is 0. The van der Waals surface area contributed by atoms with Gasteiger partial charge in [0.1, 0.15) is 12.2 Å². The van der Waals surface area contributed by atoms with Crippen LogP contribution in [0.15, 0.2) is 24.3 Å². The van der Waals surface area contributed by atoms with Crippen LogP contribution in [0.2, 0.25) is 0 Å². The highest BCUT2D eigenvalue weighted by Gasteiger charge is 2.49. The van der Waals surface area contributed by atoms with E-state index in [1.54, 1.807) is 13.8 Å². The molecule has 1 fully saturated rings. The van der Waals surface area contributed by atoms with Gasteiger partial charge < -0.3 is 4.74 Å². The fraction of sp³-hybridized carbons (Fsp3) is 0.571. The third-order valence-electron chi connectivity index (χ3n) is 3.43. The van der Waals surface area contributed by atoms with Gasteiger partial charge in [0.05, 0.1) is 18.8 Å². The van der Waals surface area contributed by atoms with Crippen molar-refractivity contribution in [1.82, 2.24) is 0 Å². The molecular formula is C14H19O5P. The Morgan fingerprint density at radius 2 is 2.05 bits per heavy atom. The monoisotopic (exact) mass is 298 g/mol. The normalized spacial score (nSPS) is 36.5. The second-order valence-electron chi connectivity index (χ2n) is 5.41. The van der Waals surface area contributed by atoms with Gasteiger partial charge in [-0.2, -0.15) is 0 Å². The Bertz CT molecular complexity index is 544. The average molecular weight is 298 g/mol. The molecule has 0 spiro atoms. The molecule has 0 aliphatic carbocycles. The molecule has 4 atom stereocenters. The van der Waals surface area contributed by atoms with E-state index in [-0.39, 0.29) is 18.3 Å². The summed E-state index contributed by atoms with van der Waals surface area (Å²) in [6.07, 6.45) is -1.24. The summed E-state index contributed by atoms with van der Waals surface area (Å²) in [5, 5.41) is 0. The molecule has 0 amide bonds. The molecule has 0 N–H and O–H groups in total. The molecule has 6 heteroatoms. The molecule has 1 saturated heterocycles. The molecule has 4 unspecified atom stereocenters. The topological polar surface area (TPSA) is 54.0 Å². The van der Waals surface area contributed by atoms with E-state index < -0.39 is 13.9 Å². The molecule has 2 aliphatic heterocycles. The standard InChI is InChI=1S/C14H19O5P/c1-9(2)17-20(15)18-10(3)13-14(19-20)12-7-5-4-6-11(12)8-16-13/h4-7,9-10,13-14H,8H2,1-3H3. The van der Waals surface area contributed by atoms with Crippen LogP contribution in [0.4, 0.5) is 0 Å². The molecular weight excluding hydrogens is 279 g/mol. The highest BCUT2D eigenvalue weighted by molar-refractivity contribution is 7.48. The average Bonchev–Trinajstić information content (AvgIpc) is 2.37. The maximum absolute atomic E-state index is 12.6. The summed E-state index contributed by atoms with van der Waals surface area (Å²) in [5.74, 6) is 0. The van der Waals surface area contributed by atoms with Crippen LogP contribution in [0.25, 0.3) is 0 Å². The van der Waals surface area contributed by atoms with Crippen molar-refractivity contribution in [3.05, 3.63) is 35.4 Å². The van der Waals surface area contributed by atoms with Gasteiger partial charge in [0, 0.05) is 0 Å². The summed E-state index contributed by atoms with van der Waals surface area (Å²) in [4.78, 5) is 0. The number of fused-ring (bicyclic) bond motifs is 3. The number of phosphoric acid groups is 1. The van der Waals surface area contributed by atoms with E-state index in [1.165, 1.54) is 0 Å². The Balaban J connectivity index is 1.93. The molecule has 0 aromatic heterocycles. The Morgan fingerprint density at radius 1 is 1.30 bits per heavy atom. The fourth-order valence-electron chi connectivity index (χ4n) is 2.63. The Hall–Kier alpha value is -0.710. The lowest BCUT2D eigenvalue weighted by atomic mass is 9.94. The summed E-state index contributed by atoms with van der Waals surface area (Å²) in [7, 11) is -3.55. The van der Waals surface area contributed by atoms with Crippen LogP contribution in [-0.4, -0.2) is 18.3 Å². The van der Waals surface area contributed by atoms with Gasteiger partial charge in [0.25, 0.3) is 0 Å². The zero-order chi connectivity index (χ0) is 14.3. The Labute approximate surface area is 118 Å². The minimum absolute atomic E-state index is 0.232. The minimum atomic E-state index is -3.55. The van der Waals surface area contributed by atoms with Crippen LogP contribution in [0.3, 0.4) is 0 Å². The fourth-order valence-corrected chi connectivity index (χ4v) is 4.33. The van der Waals surface area contributed by atoms with Gasteiger partial charge in [-0.05, 0) is 31.9 Å². The molecule has 0 radical (unpaired) electrons. The van der Waals surface area contributed by atoms with E-state index in [4.69, 9.17) is 18.3 Å². The van der Waals surface area contributed by atoms with Crippen molar-refractivity contribution >= 4 is 7.82 Å². The van der Waals surface area contributed by atoms with Crippen LogP contribution in [-0.2, 0) is 29.5 Å². The number of ether oxygens (including phenoxy) is 1. The lowest BCUT2D eigenvalue weighted by Gasteiger charge is -2.42. The molecule has 0 bridgehead atoms. The first-order valence-electron chi connectivity index (χ1n) is 6.83. The van der Waals surface area contributed by atoms with E-state index in [0.29, 0.717) is 6.61 Å².